The molecule has 0 amide bonds. The van der Waals surface area contributed by atoms with Crippen molar-refractivity contribution in [1.29, 1.82) is 5.26 Å². The molecule has 91 heavy (non-hydrogen) atoms. The number of allylic oxidation sites excluding steroid dienone is 2. The molecule has 2 aliphatic rings. The number of nitrogens with zero attached hydrogens (tertiary/aromatic N) is 2. The molecule has 0 aliphatic heterocycles. The lowest BCUT2D eigenvalue weighted by molar-refractivity contribution is -0.137. The first-order valence-electron chi connectivity index (χ1n) is 31.8. The lowest BCUT2D eigenvalue weighted by Crippen LogP contribution is -2.23. The normalized spacial score (nSPS) is 15.4. The van der Waals surface area contributed by atoms with E-state index in [-0.39, 0.29) is 55.3 Å². The van der Waals surface area contributed by atoms with Crippen molar-refractivity contribution in [3.63, 3.8) is 0 Å². The Labute approximate surface area is 547 Å². The molecule has 10 heteroatoms. The fraction of sp³-hybridized carbons (Fsp3) is 0.494. The van der Waals surface area contributed by atoms with Crippen molar-refractivity contribution in [2.75, 3.05) is 7.11 Å². The van der Waals surface area contributed by atoms with Crippen molar-refractivity contribution in [1.82, 2.24) is 4.57 Å². The maximum absolute atomic E-state index is 13.1. The molecule has 0 radical (unpaired) electrons. The monoisotopic (exact) mass is 1260 g/mol. The summed E-state index contributed by atoms with van der Waals surface area (Å²) < 4.78 is 74.3. The van der Waals surface area contributed by atoms with Crippen LogP contribution in [0.1, 0.15) is 229 Å². The van der Waals surface area contributed by atoms with E-state index in [4.69, 9.17) is 14.4 Å². The average molecular weight is 1260 g/mol. The number of phenols is 1. The van der Waals surface area contributed by atoms with E-state index in [9.17, 15) is 27.1 Å². The molecule has 2 heterocycles. The third kappa shape index (κ3) is 28.3. The highest BCUT2D eigenvalue weighted by atomic mass is 19.4. The summed E-state index contributed by atoms with van der Waals surface area (Å²) in [6, 6.07) is 40.5. The van der Waals surface area contributed by atoms with E-state index in [0.29, 0.717) is 11.2 Å². The molecule has 0 spiro atoms. The zero-order valence-electron chi connectivity index (χ0n) is 60.3. The SMILES string of the molecule is CC(C)(C)C1CC2C=CC1C2.CC(C)(C)c1ccc(C#N)cc1.CC(C)(C)c1ccc(C(F)(F)F)cc1.CC(C)(C)c1ccc(F)cc1.CC(C)(C)c1ccccc1F.CC(C)(C)c1ccoc1.COc1ccc(C(C)(C)C)cc1O.Cn1cccc1C(C)(C)C. The van der Waals surface area contributed by atoms with Gasteiger partial charge in [0.05, 0.1) is 36.8 Å². The number of methoxy groups -OCH3 is 1. The van der Waals surface area contributed by atoms with E-state index in [1.54, 1.807) is 37.8 Å². The number of aromatic hydroxyl groups is 1. The van der Waals surface area contributed by atoms with Crippen LogP contribution in [0.25, 0.3) is 0 Å². The van der Waals surface area contributed by atoms with Gasteiger partial charge in [0.25, 0.3) is 0 Å². The number of alkyl halides is 3. The van der Waals surface area contributed by atoms with Crippen LogP contribution in [0, 0.1) is 46.1 Å². The summed E-state index contributed by atoms with van der Waals surface area (Å²) in [6.45, 7) is 51.4. The molecule has 3 atom stereocenters. The van der Waals surface area contributed by atoms with Gasteiger partial charge in [-0.3, -0.25) is 0 Å². The van der Waals surface area contributed by atoms with Gasteiger partial charge in [0.15, 0.2) is 11.5 Å². The van der Waals surface area contributed by atoms with Crippen molar-refractivity contribution < 1.29 is 36.2 Å². The first-order chi connectivity index (χ1) is 41.4. The van der Waals surface area contributed by atoms with E-state index >= 15 is 0 Å². The second-order valence-electron chi connectivity index (χ2n) is 32.2. The Morgan fingerprint density at radius 3 is 1.24 bits per heavy atom. The van der Waals surface area contributed by atoms with Crippen LogP contribution >= 0.6 is 0 Å². The molecule has 5 aromatic carbocycles. The average Bonchev–Trinajstić information content (AvgIpc) is 1.68. The molecule has 1 N–H and O–H groups in total. The Bertz CT molecular complexity index is 3250. The van der Waals surface area contributed by atoms with E-state index in [0.717, 1.165) is 52.1 Å². The molecule has 7 aromatic rings. The van der Waals surface area contributed by atoms with Gasteiger partial charge in [-0.2, -0.15) is 18.4 Å². The number of rotatable bonds is 1. The molecule has 2 bridgehead atoms. The highest BCUT2D eigenvalue weighted by Crippen LogP contribution is 2.51. The molecule has 5 nitrogen and oxygen atoms in total. The number of hydrogen-bond donors (Lipinski definition) is 1. The van der Waals surface area contributed by atoms with Gasteiger partial charge in [-0.25, -0.2) is 8.78 Å². The highest BCUT2D eigenvalue weighted by Gasteiger charge is 2.41. The van der Waals surface area contributed by atoms with Crippen LogP contribution in [0.15, 0.2) is 169 Å². The van der Waals surface area contributed by atoms with Crippen molar-refractivity contribution in [3.05, 3.63) is 226 Å². The minimum atomic E-state index is -4.24. The van der Waals surface area contributed by atoms with Crippen LogP contribution in [0.4, 0.5) is 22.0 Å². The standard InChI is InChI=1S/C11H13F3.C11H13N.C11H16O2.C11H18.2C10H13F.C9H15N.C8H12O/c1-10(2,3)8-4-6-9(7-5-8)11(12,13)14;1-11(2,3)10-6-4-9(8-12)5-7-10;1-11(2,3)8-5-6-10(13-4)9(12)7-8;1-11(2,3)10-7-8-4-5-9(10)6-8;1-10(2,3)8-4-6-9(11)7-5-8;1-10(2,3)8-6-4-5-7-9(8)11;1-9(2,3)8-6-5-7-10(8)4;1-8(2,3)7-4-5-9-6-7/h4-7H,1-3H3;4-7H,1-3H3;5-7,12H,1-4H3;4-5,8-10H,6-7H2,1-3H3;2*4-7H,1-3H3;5-7H,1-4H3;4-6H,1-3H3. The van der Waals surface area contributed by atoms with Gasteiger partial charge in [0, 0.05) is 24.4 Å². The number of ether oxygens (including phenoxy) is 1. The number of nitriles is 1. The van der Waals surface area contributed by atoms with E-state index in [2.05, 4.69) is 173 Å². The summed E-state index contributed by atoms with van der Waals surface area (Å²) in [5.74, 6) is 3.25. The van der Waals surface area contributed by atoms with Crippen molar-refractivity contribution >= 4 is 0 Å². The van der Waals surface area contributed by atoms with Gasteiger partial charge in [0.1, 0.15) is 11.6 Å². The number of benzene rings is 5. The smallest absolute Gasteiger partial charge is 0.416 e. The van der Waals surface area contributed by atoms with Crippen molar-refractivity contribution in [2.24, 2.45) is 30.2 Å². The number of fused-ring (bicyclic) bond motifs is 2. The summed E-state index contributed by atoms with van der Waals surface area (Å²) >= 11 is 0. The van der Waals surface area contributed by atoms with E-state index in [1.807, 2.05) is 102 Å². The zero-order valence-corrected chi connectivity index (χ0v) is 60.3. The molecule has 1 saturated carbocycles. The number of hydrogen-bond acceptors (Lipinski definition) is 4. The number of aromatic nitrogens is 1. The van der Waals surface area contributed by atoms with Crippen LogP contribution in [-0.4, -0.2) is 16.8 Å². The summed E-state index contributed by atoms with van der Waals surface area (Å²) in [4.78, 5) is 0. The van der Waals surface area contributed by atoms with E-state index < -0.39 is 11.7 Å². The minimum Gasteiger partial charge on any atom is -0.504 e. The van der Waals surface area contributed by atoms with Crippen LogP contribution < -0.4 is 4.74 Å². The Morgan fingerprint density at radius 1 is 0.505 bits per heavy atom. The van der Waals surface area contributed by atoms with Gasteiger partial charge in [-0.1, -0.05) is 239 Å². The molecule has 1 fully saturated rings. The first-order valence-corrected chi connectivity index (χ1v) is 31.8. The third-order valence-corrected chi connectivity index (χ3v) is 15.9. The number of aryl methyl sites for hydroxylation is 1. The maximum atomic E-state index is 13.1. The van der Waals surface area contributed by atoms with E-state index in [1.165, 1.54) is 65.6 Å². The largest absolute Gasteiger partial charge is 0.504 e. The fourth-order valence-electron chi connectivity index (χ4n) is 10.1. The molecular weight excluding hydrogens is 1140 g/mol. The Morgan fingerprint density at radius 2 is 0.956 bits per heavy atom. The number of halogens is 5. The second kappa shape index (κ2) is 33.1. The van der Waals surface area contributed by atoms with Gasteiger partial charge < -0.3 is 18.8 Å². The Hall–Kier alpha value is -6.86. The van der Waals surface area contributed by atoms with Gasteiger partial charge in [-0.15, -0.1) is 0 Å². The number of furan rings is 1. The molecule has 0 saturated heterocycles. The van der Waals surface area contributed by atoms with Crippen LogP contribution in [0.2, 0.25) is 0 Å². The number of phenolic OH excluding ortho intramolecular Hbond substituents is 1. The molecule has 2 aliphatic carbocycles. The minimum absolute atomic E-state index is 0.0593. The topological polar surface area (TPSA) is 71.3 Å². The first kappa shape index (κ1) is 80.2. The summed E-state index contributed by atoms with van der Waals surface area (Å²) in [5.41, 5.74) is 9.18. The Balaban J connectivity index is 0.000000355. The molecule has 2 aromatic heterocycles. The summed E-state index contributed by atoms with van der Waals surface area (Å²) in [7, 11) is 3.63. The van der Waals surface area contributed by atoms with Gasteiger partial charge in [0.2, 0.25) is 0 Å². The lowest BCUT2D eigenvalue weighted by atomic mass is 9.73. The highest BCUT2D eigenvalue weighted by molar-refractivity contribution is 5.43. The predicted octanol–water partition coefficient (Wildman–Crippen LogP) is 23.9. The van der Waals surface area contributed by atoms with Crippen LogP contribution in [-0.2, 0) is 51.1 Å². The van der Waals surface area contributed by atoms with Crippen LogP contribution in [0.3, 0.4) is 0 Å². The molecular formula is C81H113F5N2O3. The second-order valence-corrected chi connectivity index (χ2v) is 32.2. The summed E-state index contributed by atoms with van der Waals surface area (Å²) in [6.07, 6.45) is 9.11. The zero-order chi connectivity index (χ0) is 69.9. The third-order valence-electron chi connectivity index (χ3n) is 15.9. The van der Waals surface area contributed by atoms with Crippen molar-refractivity contribution in [2.45, 2.75) is 223 Å². The molecule has 500 valence electrons. The maximum Gasteiger partial charge on any atom is 0.416 e. The van der Waals surface area contributed by atoms with Gasteiger partial charge in [-0.05, 0) is 175 Å². The quantitative estimate of drug-likeness (QED) is 0.131. The van der Waals surface area contributed by atoms with Gasteiger partial charge >= 0.3 is 6.18 Å². The fourth-order valence-corrected chi connectivity index (χ4v) is 10.1. The predicted molar refractivity (Wildman–Crippen MR) is 373 cm³/mol. The van der Waals surface area contributed by atoms with Crippen LogP contribution in [0.5, 0.6) is 11.5 Å². The molecule has 9 rings (SSSR count). The summed E-state index contributed by atoms with van der Waals surface area (Å²) in [5, 5.41) is 18.1. The lowest BCUT2D eigenvalue weighted by Gasteiger charge is -2.32. The molecule has 3 unspecified atom stereocenters. The Kier molecular flexibility index (Phi) is 29.2. The van der Waals surface area contributed by atoms with Crippen molar-refractivity contribution in [3.8, 4) is 17.6 Å².